The van der Waals surface area contributed by atoms with Gasteiger partial charge in [0.2, 0.25) is 23.6 Å². The van der Waals surface area contributed by atoms with Gasteiger partial charge in [-0.3, -0.25) is 47.9 Å². The first-order valence-corrected chi connectivity index (χ1v) is 48.8. The normalized spacial score (nSPS) is 23.7. The van der Waals surface area contributed by atoms with Gasteiger partial charge >= 0.3 is 35.8 Å². The fourth-order valence-corrected chi connectivity index (χ4v) is 16.5. The second-order valence-electron chi connectivity index (χ2n) is 34.8. The van der Waals surface area contributed by atoms with Gasteiger partial charge < -0.3 is 159 Å². The van der Waals surface area contributed by atoms with E-state index in [1.807, 2.05) is 0 Å². The van der Waals surface area contributed by atoms with Crippen molar-refractivity contribution in [3.63, 3.8) is 0 Å². The van der Waals surface area contributed by atoms with Gasteiger partial charge in [-0.25, -0.2) is 14.0 Å². The molecule has 9 rings (SSSR count). The average molecular weight is 2050 g/mol. The fraction of sp³-hybridized carbons (Fsp3) is 0.824. The molecule has 0 spiro atoms. The lowest BCUT2D eigenvalue weighted by atomic mass is 9.87. The van der Waals surface area contributed by atoms with Crippen molar-refractivity contribution in [2.24, 2.45) is 0 Å². The molecule has 0 aliphatic carbocycles. The summed E-state index contributed by atoms with van der Waals surface area (Å²) in [7, 11) is 0. The summed E-state index contributed by atoms with van der Waals surface area (Å²) in [5.41, 5.74) is -3.64. The van der Waals surface area contributed by atoms with E-state index in [0.717, 1.165) is 51.6 Å². The molecule has 52 heteroatoms. The molecular formula is C91H148N14O38. The van der Waals surface area contributed by atoms with E-state index in [0.29, 0.717) is 82.6 Å². The number of fused-ring (bicyclic) bond motifs is 6. The number of aromatic nitrogens is 9. The first-order chi connectivity index (χ1) is 69.1. The number of hydrogen-bond acceptors (Lipinski definition) is 45. The van der Waals surface area contributed by atoms with Crippen molar-refractivity contribution in [3.8, 4) is 0 Å². The van der Waals surface area contributed by atoms with Crippen molar-refractivity contribution in [2.75, 3.05) is 225 Å². The Hall–Kier alpha value is -8.80. The summed E-state index contributed by atoms with van der Waals surface area (Å²) in [6.45, 7) is 21.6. The second kappa shape index (κ2) is 64.3. The predicted molar refractivity (Wildman–Crippen MR) is 487 cm³/mol. The third kappa shape index (κ3) is 41.4. The van der Waals surface area contributed by atoms with E-state index in [2.05, 4.69) is 57.5 Å². The van der Waals surface area contributed by atoms with Crippen LogP contribution in [0.1, 0.15) is 144 Å². The number of esters is 6. The molecule has 3 aromatic heterocycles. The van der Waals surface area contributed by atoms with Gasteiger partial charge in [0.05, 0.1) is 263 Å². The van der Waals surface area contributed by atoms with Crippen LogP contribution >= 0.6 is 0 Å². The monoisotopic (exact) mass is 2050 g/mol. The Morgan fingerprint density at radius 1 is 0.364 bits per heavy atom. The minimum Gasteiger partial charge on any atom is -0.466 e. The van der Waals surface area contributed by atoms with Crippen LogP contribution in [0.3, 0.4) is 0 Å². The third-order valence-electron chi connectivity index (χ3n) is 22.7. The van der Waals surface area contributed by atoms with Crippen molar-refractivity contribution < 1.29 is 181 Å². The Morgan fingerprint density at radius 2 is 0.664 bits per heavy atom. The molecule has 0 aromatic carbocycles. The maximum absolute atomic E-state index is 14.3. The van der Waals surface area contributed by atoms with Crippen molar-refractivity contribution in [1.29, 1.82) is 0 Å². The Bertz CT molecular complexity index is 4090. The van der Waals surface area contributed by atoms with Gasteiger partial charge in [-0.05, 0) is 52.6 Å². The zero-order valence-electron chi connectivity index (χ0n) is 83.8. The molecule has 0 unspecified atom stereocenters. The summed E-state index contributed by atoms with van der Waals surface area (Å²) in [5.74, 6) is -4.76. The first kappa shape index (κ1) is 118. The number of nitrogens with zero attached hydrogens (tertiary/aromatic N) is 9. The zero-order valence-corrected chi connectivity index (χ0v) is 83.8. The van der Waals surface area contributed by atoms with Crippen LogP contribution in [-0.2, 0) is 220 Å². The van der Waals surface area contributed by atoms with Crippen LogP contribution in [0.5, 0.6) is 0 Å². The summed E-state index contributed by atoms with van der Waals surface area (Å²) in [5, 5.41) is 40.9. The minimum atomic E-state index is -1.33. The lowest BCUT2D eigenvalue weighted by molar-refractivity contribution is -0.254. The van der Waals surface area contributed by atoms with Gasteiger partial charge in [-0.2, -0.15) is 0 Å². The lowest BCUT2D eigenvalue weighted by Crippen LogP contribution is -2.68. The van der Waals surface area contributed by atoms with Crippen molar-refractivity contribution in [1.82, 2.24) is 71.6 Å². The molecule has 6 saturated heterocycles. The number of carbonyl (C=O) groups excluding carboxylic acids is 10. The number of ether oxygens (including phenoxy) is 28. The molecule has 6 fully saturated rings. The second-order valence-corrected chi connectivity index (χ2v) is 34.8. The van der Waals surface area contributed by atoms with Crippen molar-refractivity contribution >= 4 is 59.4 Å². The summed E-state index contributed by atoms with van der Waals surface area (Å²) < 4.78 is 169. The Kier molecular flexibility index (Phi) is 53.0. The van der Waals surface area contributed by atoms with Crippen LogP contribution in [0.2, 0.25) is 0 Å². The molecule has 9 heterocycles. The van der Waals surface area contributed by atoms with Crippen LogP contribution in [0.15, 0.2) is 18.6 Å². The van der Waals surface area contributed by atoms with Crippen LogP contribution in [0.4, 0.5) is 0 Å². The summed E-state index contributed by atoms with van der Waals surface area (Å²) in [4.78, 5) is 123. The van der Waals surface area contributed by atoms with Crippen LogP contribution in [0.25, 0.3) is 0 Å². The van der Waals surface area contributed by atoms with E-state index in [9.17, 15) is 47.9 Å². The molecule has 0 radical (unpaired) electrons. The zero-order chi connectivity index (χ0) is 103. The molecule has 4 amide bonds. The number of hydrogen-bond donors (Lipinski definition) is 5. The number of nitrogens with one attached hydrogen (secondary N) is 5. The highest BCUT2D eigenvalue weighted by Crippen LogP contribution is 2.44. The number of carbonyl (C=O) groups is 10. The standard InChI is InChI=1S/C91H148N14O38/c1-11-131-75(115)21-17-13-14-18-22-92-23-19-15-16-20-74(114)96-88(54-128-51-71-48-103(100-97-71)24-27-116-30-33-119-36-39-122-42-45-125-57-89-60-133-85(141-89)76(93-63(3)106)79(132-12-2)82(89)138-68(8)111,55-129-52-72-49-104(101-98-72)25-28-117-31-34-120-37-40-123-43-46-126-58-90-61-134-86(142-90)77(94-64(4)107)80(136-66(6)109)83(90)139-69(9)112)56-130-53-73-50-105(102-99-73)26-29-118-32-35-121-38-41-124-44-47-127-59-91-62-135-87(143-91)78(95-65(5)108)81(137-67(7)110)84(91)140-70(10)113/h48-50,76-87,92H,11-47,51-62H2,1-10H3,(H,93,106)(H,94,107)(H,95,108)(H,96,114)/t76-,77-,78-,79-,80-,81-,82-,83-,84-,85+,86+,87+,89+,90+,91+/m1/s1. The average Bonchev–Trinajstić information content (AvgIpc) is 1.60. The maximum Gasteiger partial charge on any atom is 0.305 e. The van der Waals surface area contributed by atoms with Gasteiger partial charge in [0, 0.05) is 74.8 Å². The number of rotatable bonds is 79. The number of amides is 4. The summed E-state index contributed by atoms with van der Waals surface area (Å²) in [6, 6.07) is -2.59. The van der Waals surface area contributed by atoms with E-state index >= 15 is 0 Å². The van der Waals surface area contributed by atoms with E-state index in [1.165, 1.54) is 55.4 Å². The highest BCUT2D eigenvalue weighted by molar-refractivity contribution is 5.77. The minimum absolute atomic E-state index is 0.0128. The topological polar surface area (TPSA) is 581 Å². The Labute approximate surface area is 830 Å². The lowest BCUT2D eigenvalue weighted by Gasteiger charge is -2.45. The van der Waals surface area contributed by atoms with E-state index in [-0.39, 0.29) is 222 Å². The molecule has 6 aliphatic rings. The quantitative estimate of drug-likeness (QED) is 0.0259. The number of unbranched alkanes of at least 4 members (excludes halogenated alkanes) is 5. The molecular weight excluding hydrogens is 1900 g/mol. The van der Waals surface area contributed by atoms with Crippen LogP contribution < -0.4 is 26.6 Å². The molecule has 0 saturated carbocycles. The highest BCUT2D eigenvalue weighted by atomic mass is 16.8. The molecule has 810 valence electrons. The summed E-state index contributed by atoms with van der Waals surface area (Å²) >= 11 is 0. The maximum atomic E-state index is 14.3. The third-order valence-corrected chi connectivity index (χ3v) is 22.7. The molecule has 6 aliphatic heterocycles. The fourth-order valence-electron chi connectivity index (χ4n) is 16.5. The molecule has 15 atom stereocenters. The van der Waals surface area contributed by atoms with Crippen molar-refractivity contribution in [3.05, 3.63) is 35.7 Å². The SMILES string of the molecule is CCOC(=O)CCCCCCNCCCCCC(=O)NC(COCc1cn(CCOCCOCCOCCOC[C@@]23CO[C@@H](O2)[C@H](NC(C)=O)[C@@H](OCC)[C@H]3OC(C)=O)nn1)(COCc1cn(CCOCCOCCOCCOC[C@@]23CO[C@@H](O2)[C@H](NC(C)=O)[C@@H](OC(C)=O)[C@H]3OC(C)=O)nn1)COCc1cn(CCOCCOCCOCCOC[C@@]23CO[C@@H](O2)[C@H](NC(C)=O)[C@@H](OC(C)=O)[C@H]3OC(C)=O)nn1. The Morgan fingerprint density at radius 3 is 0.986 bits per heavy atom. The highest BCUT2D eigenvalue weighted by Gasteiger charge is 2.66. The van der Waals surface area contributed by atoms with E-state index in [4.69, 9.17) is 133 Å². The summed E-state index contributed by atoms with van der Waals surface area (Å²) in [6.07, 6.45) is 2.74. The smallest absolute Gasteiger partial charge is 0.305 e. The van der Waals surface area contributed by atoms with Gasteiger partial charge in [0.15, 0.2) is 66.2 Å². The van der Waals surface area contributed by atoms with Gasteiger partial charge in [0.25, 0.3) is 0 Å². The largest absolute Gasteiger partial charge is 0.466 e. The predicted octanol–water partition coefficient (Wildman–Crippen LogP) is -0.917. The van der Waals surface area contributed by atoms with Gasteiger partial charge in [0.1, 0.15) is 46.9 Å². The van der Waals surface area contributed by atoms with Crippen LogP contribution in [-0.4, -0.2) is 425 Å². The van der Waals surface area contributed by atoms with Crippen LogP contribution in [0, 0.1) is 0 Å². The molecule has 52 nitrogen and oxygen atoms in total. The van der Waals surface area contributed by atoms with Gasteiger partial charge in [-0.15, -0.1) is 15.3 Å². The van der Waals surface area contributed by atoms with Crippen molar-refractivity contribution in [2.45, 2.75) is 262 Å². The van der Waals surface area contributed by atoms with E-state index in [1.54, 1.807) is 46.5 Å². The molecule has 143 heavy (non-hydrogen) atoms. The first-order valence-electron chi connectivity index (χ1n) is 48.8. The van der Waals surface area contributed by atoms with Gasteiger partial charge in [-0.1, -0.05) is 34.9 Å². The molecule has 5 N–H and O–H groups in total. The molecule has 3 aromatic rings. The van der Waals surface area contributed by atoms with E-state index < -0.39 is 138 Å². The molecule has 6 bridgehead atoms. The Balaban J connectivity index is 0.721.